The summed E-state index contributed by atoms with van der Waals surface area (Å²) in [6.45, 7) is 0.261. The molecule has 0 fully saturated rings. The van der Waals surface area contributed by atoms with E-state index in [9.17, 15) is 4.79 Å². The molecular formula is C16H16N4O. The fraction of sp³-hybridized carbons (Fsp3) is 0.125. The maximum Gasteiger partial charge on any atom is 0.233 e. The molecule has 1 aromatic heterocycles. The van der Waals surface area contributed by atoms with E-state index >= 15 is 0 Å². The largest absolute Gasteiger partial charge is 0.329 e. The van der Waals surface area contributed by atoms with Gasteiger partial charge < -0.3 is 11.1 Å². The Morgan fingerprint density at radius 3 is 2.76 bits per heavy atom. The highest BCUT2D eigenvalue weighted by atomic mass is 16.1. The van der Waals surface area contributed by atoms with Gasteiger partial charge >= 0.3 is 0 Å². The van der Waals surface area contributed by atoms with Crippen LogP contribution >= 0.6 is 0 Å². The monoisotopic (exact) mass is 280 g/mol. The summed E-state index contributed by atoms with van der Waals surface area (Å²) in [7, 11) is 0. The molecule has 0 bridgehead atoms. The number of aromatic amines is 1. The number of H-pyrrole nitrogens is 1. The molecule has 2 aromatic carbocycles. The molecular weight excluding hydrogens is 264 g/mol. The fourth-order valence-electron chi connectivity index (χ4n) is 2.38. The molecule has 21 heavy (non-hydrogen) atoms. The van der Waals surface area contributed by atoms with Crippen molar-refractivity contribution in [2.24, 2.45) is 5.73 Å². The number of amides is 1. The first-order chi connectivity index (χ1) is 10.3. The van der Waals surface area contributed by atoms with Crippen LogP contribution in [0.2, 0.25) is 0 Å². The molecule has 0 aliphatic rings. The van der Waals surface area contributed by atoms with Crippen LogP contribution in [0.1, 0.15) is 11.5 Å². The van der Waals surface area contributed by atoms with Gasteiger partial charge in [0.05, 0.1) is 23.3 Å². The molecule has 106 valence electrons. The minimum Gasteiger partial charge on any atom is -0.329 e. The second kappa shape index (κ2) is 5.76. The van der Waals surface area contributed by atoms with E-state index in [0.717, 1.165) is 22.2 Å². The maximum absolute atomic E-state index is 12.5. The van der Waals surface area contributed by atoms with Crippen LogP contribution in [0.25, 0.3) is 10.9 Å². The minimum atomic E-state index is -0.367. The van der Waals surface area contributed by atoms with E-state index in [2.05, 4.69) is 15.5 Å². The summed E-state index contributed by atoms with van der Waals surface area (Å²) in [5.41, 5.74) is 8.31. The van der Waals surface area contributed by atoms with Gasteiger partial charge in [-0.15, -0.1) is 0 Å². The van der Waals surface area contributed by atoms with Crippen molar-refractivity contribution < 1.29 is 4.79 Å². The first kappa shape index (κ1) is 13.3. The zero-order chi connectivity index (χ0) is 14.7. The molecule has 5 heteroatoms. The van der Waals surface area contributed by atoms with E-state index < -0.39 is 0 Å². The molecule has 1 heterocycles. The average molecular weight is 280 g/mol. The summed E-state index contributed by atoms with van der Waals surface area (Å²) >= 11 is 0. The lowest BCUT2D eigenvalue weighted by molar-refractivity contribution is -0.117. The van der Waals surface area contributed by atoms with Gasteiger partial charge in [-0.25, -0.2) is 0 Å². The van der Waals surface area contributed by atoms with Gasteiger partial charge in [-0.1, -0.05) is 36.4 Å². The lowest BCUT2D eigenvalue weighted by atomic mass is 9.98. The molecule has 3 rings (SSSR count). The van der Waals surface area contributed by atoms with Gasteiger partial charge in [0, 0.05) is 11.9 Å². The summed E-state index contributed by atoms with van der Waals surface area (Å²) < 4.78 is 0. The van der Waals surface area contributed by atoms with Crippen LogP contribution in [0.3, 0.4) is 0 Å². The predicted molar refractivity (Wildman–Crippen MR) is 83.0 cm³/mol. The third kappa shape index (κ3) is 2.64. The van der Waals surface area contributed by atoms with Gasteiger partial charge in [-0.2, -0.15) is 5.10 Å². The number of aromatic nitrogens is 2. The van der Waals surface area contributed by atoms with Crippen LogP contribution in [0.5, 0.6) is 0 Å². The number of hydrogen-bond acceptors (Lipinski definition) is 3. The quantitative estimate of drug-likeness (QED) is 0.685. The summed E-state index contributed by atoms with van der Waals surface area (Å²) in [5, 5.41) is 10.7. The summed E-state index contributed by atoms with van der Waals surface area (Å²) in [6, 6.07) is 15.2. The van der Waals surface area contributed by atoms with Crippen LogP contribution in [-0.4, -0.2) is 22.6 Å². The molecule has 1 amide bonds. The molecule has 3 aromatic rings. The number of hydrogen-bond donors (Lipinski definition) is 3. The number of carbonyl (C=O) groups is 1. The first-order valence-electron chi connectivity index (χ1n) is 6.77. The Kier molecular flexibility index (Phi) is 3.66. The molecule has 5 nitrogen and oxygen atoms in total. The molecule has 0 aliphatic heterocycles. The Balaban J connectivity index is 1.87. The first-order valence-corrected chi connectivity index (χ1v) is 6.77. The highest BCUT2D eigenvalue weighted by Crippen LogP contribution is 2.23. The van der Waals surface area contributed by atoms with Crippen molar-refractivity contribution in [2.75, 3.05) is 11.9 Å². The van der Waals surface area contributed by atoms with E-state index in [-0.39, 0.29) is 18.4 Å². The number of nitrogens with two attached hydrogens (primary N) is 1. The maximum atomic E-state index is 12.5. The minimum absolute atomic E-state index is 0.114. The molecule has 0 aliphatic carbocycles. The Labute approximate surface area is 122 Å². The average Bonchev–Trinajstić information content (AvgIpc) is 2.99. The molecule has 0 saturated carbocycles. The third-order valence-electron chi connectivity index (χ3n) is 3.50. The Morgan fingerprint density at radius 2 is 2.00 bits per heavy atom. The van der Waals surface area contributed by atoms with Gasteiger partial charge in [0.2, 0.25) is 5.91 Å². The van der Waals surface area contributed by atoms with Crippen molar-refractivity contribution in [3.8, 4) is 0 Å². The molecule has 0 spiro atoms. The Hall–Kier alpha value is -2.66. The van der Waals surface area contributed by atoms with Gasteiger partial charge in [-0.3, -0.25) is 9.89 Å². The number of carbonyl (C=O) groups excluding carboxylic acids is 1. The smallest absolute Gasteiger partial charge is 0.233 e. The van der Waals surface area contributed by atoms with Gasteiger partial charge in [0.15, 0.2) is 0 Å². The number of rotatable bonds is 4. The highest BCUT2D eigenvalue weighted by molar-refractivity contribution is 6.03. The van der Waals surface area contributed by atoms with Crippen LogP contribution in [0.4, 0.5) is 5.69 Å². The van der Waals surface area contributed by atoms with Gasteiger partial charge in [-0.05, 0) is 17.7 Å². The topological polar surface area (TPSA) is 83.8 Å². The molecule has 0 radical (unpaired) electrons. The second-order valence-corrected chi connectivity index (χ2v) is 4.83. The highest BCUT2D eigenvalue weighted by Gasteiger charge is 2.19. The molecule has 1 unspecified atom stereocenters. The van der Waals surface area contributed by atoms with Crippen molar-refractivity contribution in [3.05, 3.63) is 60.3 Å². The predicted octanol–water partition coefficient (Wildman–Crippen LogP) is 2.24. The zero-order valence-corrected chi connectivity index (χ0v) is 11.4. The van der Waals surface area contributed by atoms with Crippen molar-refractivity contribution in [1.82, 2.24) is 10.2 Å². The van der Waals surface area contributed by atoms with Gasteiger partial charge in [0.1, 0.15) is 0 Å². The number of anilines is 1. The van der Waals surface area contributed by atoms with Gasteiger partial charge in [0.25, 0.3) is 0 Å². The Bertz CT molecular complexity index is 751. The van der Waals surface area contributed by atoms with E-state index in [1.54, 1.807) is 6.20 Å². The normalized spacial score (nSPS) is 12.2. The van der Waals surface area contributed by atoms with Crippen molar-refractivity contribution >= 4 is 22.5 Å². The lowest BCUT2D eigenvalue weighted by Crippen LogP contribution is -2.27. The fourth-order valence-corrected chi connectivity index (χ4v) is 2.38. The molecule has 4 N–H and O–H groups in total. The van der Waals surface area contributed by atoms with Crippen molar-refractivity contribution in [3.63, 3.8) is 0 Å². The van der Waals surface area contributed by atoms with E-state index in [1.807, 2.05) is 48.5 Å². The van der Waals surface area contributed by atoms with Crippen LogP contribution in [0, 0.1) is 0 Å². The standard InChI is InChI=1S/C16H16N4O/c17-9-12(11-5-2-1-3-6-11)16(21)19-14-7-4-8-15-13(14)10-18-20-15/h1-8,10,12H,9,17H2,(H,18,20)(H,19,21). The van der Waals surface area contributed by atoms with Crippen LogP contribution < -0.4 is 11.1 Å². The summed E-state index contributed by atoms with van der Waals surface area (Å²) in [5.74, 6) is -0.481. The van der Waals surface area contributed by atoms with Crippen molar-refractivity contribution in [2.45, 2.75) is 5.92 Å². The van der Waals surface area contributed by atoms with Crippen LogP contribution in [-0.2, 0) is 4.79 Å². The molecule has 0 saturated heterocycles. The SMILES string of the molecule is NCC(C(=O)Nc1cccc2[nH]ncc12)c1ccccc1. The number of nitrogens with one attached hydrogen (secondary N) is 2. The summed E-state index contributed by atoms with van der Waals surface area (Å²) in [6.07, 6.45) is 1.70. The van der Waals surface area contributed by atoms with Crippen LogP contribution in [0.15, 0.2) is 54.7 Å². The second-order valence-electron chi connectivity index (χ2n) is 4.83. The zero-order valence-electron chi connectivity index (χ0n) is 11.4. The molecule has 1 atom stereocenters. The van der Waals surface area contributed by atoms with E-state index in [1.165, 1.54) is 0 Å². The summed E-state index contributed by atoms with van der Waals surface area (Å²) in [4.78, 5) is 12.5. The number of fused-ring (bicyclic) bond motifs is 1. The number of nitrogens with zero attached hydrogens (tertiary/aromatic N) is 1. The van der Waals surface area contributed by atoms with Crippen molar-refractivity contribution in [1.29, 1.82) is 0 Å². The lowest BCUT2D eigenvalue weighted by Gasteiger charge is -2.15. The number of benzene rings is 2. The Morgan fingerprint density at radius 1 is 1.19 bits per heavy atom. The van der Waals surface area contributed by atoms with E-state index in [0.29, 0.717) is 0 Å². The third-order valence-corrected chi connectivity index (χ3v) is 3.50. The van der Waals surface area contributed by atoms with E-state index in [4.69, 9.17) is 5.73 Å².